The molecule has 0 rings (SSSR count). The van der Waals surface area contributed by atoms with Crippen molar-refractivity contribution in [3.8, 4) is 0 Å². The second kappa shape index (κ2) is 20.8. The van der Waals surface area contributed by atoms with Gasteiger partial charge in [-0.3, -0.25) is 0 Å². The molecule has 24 heavy (non-hydrogen) atoms. The Morgan fingerprint density at radius 3 is 1.04 bits per heavy atom. The Morgan fingerprint density at radius 2 is 0.792 bits per heavy atom. The average Bonchev–Trinajstić information content (AvgIpc) is 2.49. The molecule has 0 bridgehead atoms. The summed E-state index contributed by atoms with van der Waals surface area (Å²) in [6, 6.07) is 0. The summed E-state index contributed by atoms with van der Waals surface area (Å²) in [7, 11) is -4.00. The first kappa shape index (κ1) is 27.7. The van der Waals surface area contributed by atoms with Crippen LogP contribution in [0.4, 0.5) is 0 Å². The molecule has 0 spiro atoms. The zero-order valence-corrected chi connectivity index (χ0v) is 19.7. The van der Waals surface area contributed by atoms with Crippen LogP contribution in [0.15, 0.2) is 0 Å². The van der Waals surface area contributed by atoms with E-state index >= 15 is 0 Å². The third kappa shape index (κ3) is 25.7. The molecule has 4 nitrogen and oxygen atoms in total. The van der Waals surface area contributed by atoms with Crippen molar-refractivity contribution in [3.05, 3.63) is 0 Å². The monoisotopic (exact) mass is 388 g/mol. The van der Waals surface area contributed by atoms with Gasteiger partial charge in [0, 0.05) is 12.4 Å². The van der Waals surface area contributed by atoms with Gasteiger partial charge in [0.1, 0.15) is 0 Å². The number of aliphatic hydroxyl groups excluding tert-OH is 1. The van der Waals surface area contributed by atoms with Crippen molar-refractivity contribution in [2.45, 2.75) is 103 Å². The van der Waals surface area contributed by atoms with Crippen molar-refractivity contribution in [3.63, 3.8) is 0 Å². The normalized spacial score (nSPS) is 11.4. The molecule has 140 valence electrons. The average molecular weight is 389 g/mol. The number of aliphatic hydroxyl groups is 1. The van der Waals surface area contributed by atoms with Crippen LogP contribution < -0.4 is 51.4 Å². The van der Waals surface area contributed by atoms with Crippen LogP contribution in [0.3, 0.4) is 0 Å². The molecule has 0 aromatic heterocycles. The largest absolute Gasteiger partial charge is 1.00 e. The van der Waals surface area contributed by atoms with E-state index in [1.807, 2.05) is 0 Å². The molecular weight excluding hydrogens is 351 g/mol. The van der Waals surface area contributed by atoms with Crippen LogP contribution >= 0.6 is 0 Å². The van der Waals surface area contributed by atoms with Gasteiger partial charge in [0.2, 0.25) is 0 Å². The molecule has 0 atom stereocenters. The minimum absolute atomic E-state index is 0. The fraction of sp³-hybridized carbons (Fsp3) is 1.00. The zero-order chi connectivity index (χ0) is 17.2. The maximum atomic E-state index is 10.4. The van der Waals surface area contributed by atoms with E-state index in [0.717, 1.165) is 25.7 Å². The molecule has 0 aromatic carbocycles. The van der Waals surface area contributed by atoms with Crippen LogP contribution in [-0.2, 0) is 10.1 Å². The molecule has 0 saturated heterocycles. The first-order valence-electron chi connectivity index (χ1n) is 9.60. The molecule has 1 N–H and O–H groups in total. The van der Waals surface area contributed by atoms with E-state index in [1.165, 1.54) is 70.6 Å². The number of hydrogen-bond acceptors (Lipinski definition) is 4. The van der Waals surface area contributed by atoms with Gasteiger partial charge in [-0.2, -0.15) is 0 Å². The van der Waals surface area contributed by atoms with Gasteiger partial charge >= 0.3 is 51.4 Å². The van der Waals surface area contributed by atoms with Gasteiger partial charge in [0.05, 0.1) is 10.1 Å². The molecule has 0 aliphatic rings. The van der Waals surface area contributed by atoms with Crippen LogP contribution in [-0.4, -0.2) is 30.4 Å². The molecular formula is C18H37KO4S. The van der Waals surface area contributed by atoms with Gasteiger partial charge < -0.3 is 9.66 Å². The van der Waals surface area contributed by atoms with Crippen molar-refractivity contribution < 1.29 is 69.5 Å². The molecule has 0 unspecified atom stereocenters. The minimum Gasteiger partial charge on any atom is -0.748 e. The summed E-state index contributed by atoms with van der Waals surface area (Å²) in [5.41, 5.74) is 0. The zero-order valence-electron chi connectivity index (χ0n) is 15.8. The molecule has 0 fully saturated rings. The molecule has 6 heteroatoms. The number of hydrogen-bond donors (Lipinski definition) is 1. The predicted octanol–water partition coefficient (Wildman–Crippen LogP) is 1.77. The predicted molar refractivity (Wildman–Crippen MR) is 95.5 cm³/mol. The summed E-state index contributed by atoms with van der Waals surface area (Å²) in [6.07, 6.45) is 18.8. The Bertz CT molecular complexity index is 334. The molecule has 0 aliphatic carbocycles. The number of unbranched alkanes of at least 4 members (excludes halogenated alkanes) is 15. The van der Waals surface area contributed by atoms with E-state index in [4.69, 9.17) is 5.11 Å². The molecule has 0 saturated carbocycles. The maximum absolute atomic E-state index is 10.4. The molecule has 0 aliphatic heterocycles. The van der Waals surface area contributed by atoms with Crippen molar-refractivity contribution in [2.24, 2.45) is 0 Å². The van der Waals surface area contributed by atoms with Crippen LogP contribution in [0.2, 0.25) is 0 Å². The fourth-order valence-corrected chi connectivity index (χ4v) is 3.42. The third-order valence-electron chi connectivity index (χ3n) is 4.30. The van der Waals surface area contributed by atoms with Crippen LogP contribution in [0.25, 0.3) is 0 Å². The molecule has 0 amide bonds. The van der Waals surface area contributed by atoms with E-state index in [-0.39, 0.29) is 57.1 Å². The Hall–Kier alpha value is 1.51. The Kier molecular flexibility index (Phi) is 24.0. The SMILES string of the molecule is O=S(=O)([O-])CCCCCCCCCCCCCCCCCCO.[K+]. The summed E-state index contributed by atoms with van der Waals surface area (Å²) in [6.45, 7) is 0.335. The van der Waals surface area contributed by atoms with Gasteiger partial charge in [-0.1, -0.05) is 89.9 Å². The molecule has 0 radical (unpaired) electrons. The van der Waals surface area contributed by atoms with E-state index in [1.54, 1.807) is 0 Å². The van der Waals surface area contributed by atoms with Crippen molar-refractivity contribution in [1.29, 1.82) is 0 Å². The van der Waals surface area contributed by atoms with Gasteiger partial charge in [0.25, 0.3) is 0 Å². The van der Waals surface area contributed by atoms with E-state index in [0.29, 0.717) is 13.0 Å². The smallest absolute Gasteiger partial charge is 0.748 e. The Morgan fingerprint density at radius 1 is 0.542 bits per heavy atom. The van der Waals surface area contributed by atoms with Gasteiger partial charge in [-0.05, 0) is 12.8 Å². The van der Waals surface area contributed by atoms with Crippen molar-refractivity contribution in [2.75, 3.05) is 12.4 Å². The van der Waals surface area contributed by atoms with Crippen LogP contribution in [0.5, 0.6) is 0 Å². The Balaban J connectivity index is 0. The molecule has 0 heterocycles. The van der Waals surface area contributed by atoms with Crippen molar-refractivity contribution in [1.82, 2.24) is 0 Å². The van der Waals surface area contributed by atoms with Crippen LogP contribution in [0, 0.1) is 0 Å². The first-order valence-corrected chi connectivity index (χ1v) is 11.2. The van der Waals surface area contributed by atoms with E-state index < -0.39 is 10.1 Å². The van der Waals surface area contributed by atoms with E-state index in [9.17, 15) is 13.0 Å². The van der Waals surface area contributed by atoms with E-state index in [2.05, 4.69) is 0 Å². The summed E-state index contributed by atoms with van der Waals surface area (Å²) in [4.78, 5) is 0. The number of rotatable bonds is 18. The summed E-state index contributed by atoms with van der Waals surface area (Å²) < 4.78 is 31.3. The second-order valence-electron chi connectivity index (χ2n) is 6.64. The first-order chi connectivity index (χ1) is 11.1. The van der Waals surface area contributed by atoms with Gasteiger partial charge in [-0.25, -0.2) is 8.42 Å². The van der Waals surface area contributed by atoms with Crippen molar-refractivity contribution >= 4 is 10.1 Å². The minimum atomic E-state index is -4.00. The quantitative estimate of drug-likeness (QED) is 0.220. The topological polar surface area (TPSA) is 77.4 Å². The summed E-state index contributed by atoms with van der Waals surface area (Å²) in [5, 5.41) is 8.68. The standard InChI is InChI=1S/C18H38O4S.K/c19-17-15-13-11-9-7-5-3-1-2-4-6-8-10-12-14-16-18-23(20,21)22;/h19H,1-18H2,(H,20,21,22);/q;+1/p-1. The Labute approximate surface area is 192 Å². The molecule has 0 aromatic rings. The van der Waals surface area contributed by atoms with Gasteiger partial charge in [-0.15, -0.1) is 0 Å². The fourth-order valence-electron chi connectivity index (χ4n) is 2.87. The van der Waals surface area contributed by atoms with Gasteiger partial charge in [0.15, 0.2) is 0 Å². The second-order valence-corrected chi connectivity index (χ2v) is 8.17. The maximum Gasteiger partial charge on any atom is 1.00 e. The summed E-state index contributed by atoms with van der Waals surface area (Å²) in [5.74, 6) is -0.200. The third-order valence-corrected chi connectivity index (χ3v) is 5.09. The van der Waals surface area contributed by atoms with Crippen LogP contribution in [0.1, 0.15) is 103 Å². The summed E-state index contributed by atoms with van der Waals surface area (Å²) >= 11 is 0.